The summed E-state index contributed by atoms with van der Waals surface area (Å²) in [5.74, 6) is 0.688. The van der Waals surface area contributed by atoms with E-state index in [-0.39, 0.29) is 24.9 Å². The molecule has 0 amide bonds. The van der Waals surface area contributed by atoms with Crippen LogP contribution >= 0.6 is 11.6 Å². The van der Waals surface area contributed by atoms with Gasteiger partial charge in [0.05, 0.1) is 36.0 Å². The molecule has 0 radical (unpaired) electrons. The van der Waals surface area contributed by atoms with Crippen molar-refractivity contribution in [3.63, 3.8) is 0 Å². The predicted molar refractivity (Wildman–Crippen MR) is 98.1 cm³/mol. The molecule has 140 valence electrons. The van der Waals surface area contributed by atoms with Crippen LogP contribution in [0, 0.1) is 5.41 Å². The molecule has 2 fully saturated rings. The number of halogens is 1. The first-order valence-electron chi connectivity index (χ1n) is 9.27. The summed E-state index contributed by atoms with van der Waals surface area (Å²) in [5, 5.41) is 20.0. The Labute approximate surface area is 155 Å². The first kappa shape index (κ1) is 19.0. The van der Waals surface area contributed by atoms with Crippen molar-refractivity contribution in [3.8, 4) is 5.75 Å². The second-order valence-corrected chi connectivity index (χ2v) is 8.63. The maximum absolute atomic E-state index is 10.0. The van der Waals surface area contributed by atoms with Gasteiger partial charge in [-0.25, -0.2) is 0 Å². The van der Waals surface area contributed by atoms with Crippen LogP contribution in [-0.4, -0.2) is 35.1 Å². The third-order valence-corrected chi connectivity index (χ3v) is 5.80. The third kappa shape index (κ3) is 4.88. The Kier molecular flexibility index (Phi) is 5.94. The summed E-state index contributed by atoms with van der Waals surface area (Å²) >= 11 is 6.34. The maximum atomic E-state index is 10.0. The van der Waals surface area contributed by atoms with Crippen molar-refractivity contribution >= 4 is 11.6 Å². The highest BCUT2D eigenvalue weighted by Crippen LogP contribution is 2.39. The van der Waals surface area contributed by atoms with Crippen LogP contribution in [0.25, 0.3) is 0 Å². The minimum absolute atomic E-state index is 0.0810. The molecule has 3 atom stereocenters. The van der Waals surface area contributed by atoms with Crippen molar-refractivity contribution < 1.29 is 19.7 Å². The van der Waals surface area contributed by atoms with Gasteiger partial charge in [-0.1, -0.05) is 31.5 Å². The van der Waals surface area contributed by atoms with Crippen LogP contribution in [0.3, 0.4) is 0 Å². The molecule has 2 aliphatic rings. The SMILES string of the molecule is CC1(C)CCC(Oc2cc(C3CC(O)CC(CO)O3)ccc2Cl)CC1. The van der Waals surface area contributed by atoms with Crippen molar-refractivity contribution in [2.75, 3.05) is 6.61 Å². The number of hydrogen-bond acceptors (Lipinski definition) is 4. The number of rotatable bonds is 4. The fraction of sp³-hybridized carbons (Fsp3) is 0.700. The maximum Gasteiger partial charge on any atom is 0.138 e. The Bertz CT molecular complexity index is 579. The highest BCUT2D eigenvalue weighted by Gasteiger charge is 2.31. The molecule has 3 rings (SSSR count). The Hall–Kier alpha value is -0.810. The van der Waals surface area contributed by atoms with Gasteiger partial charge >= 0.3 is 0 Å². The Morgan fingerprint density at radius 2 is 1.96 bits per heavy atom. The number of benzene rings is 1. The van der Waals surface area contributed by atoms with Gasteiger partial charge < -0.3 is 19.7 Å². The molecule has 3 unspecified atom stereocenters. The summed E-state index contributed by atoms with van der Waals surface area (Å²) in [4.78, 5) is 0. The standard InChI is InChI=1S/C20H29ClO4/c1-20(2)7-5-15(6-8-20)24-19-9-13(3-4-17(19)21)18-11-14(23)10-16(12-22)25-18/h3-4,9,14-16,18,22-23H,5-8,10-12H2,1-2H3. The van der Waals surface area contributed by atoms with Crippen molar-refractivity contribution in [1.29, 1.82) is 0 Å². The zero-order chi connectivity index (χ0) is 18.0. The van der Waals surface area contributed by atoms with Gasteiger partial charge in [0, 0.05) is 12.8 Å². The molecule has 0 spiro atoms. The lowest BCUT2D eigenvalue weighted by atomic mass is 9.76. The van der Waals surface area contributed by atoms with Crippen LogP contribution in [-0.2, 0) is 4.74 Å². The zero-order valence-corrected chi connectivity index (χ0v) is 15.8. The number of aliphatic hydroxyl groups excluding tert-OH is 2. The summed E-state index contributed by atoms with van der Waals surface area (Å²) < 4.78 is 12.1. The van der Waals surface area contributed by atoms with E-state index in [9.17, 15) is 10.2 Å². The minimum Gasteiger partial charge on any atom is -0.489 e. The molecule has 5 heteroatoms. The average molecular weight is 369 g/mol. The summed E-state index contributed by atoms with van der Waals surface area (Å²) in [5.41, 5.74) is 1.34. The fourth-order valence-corrected chi connectivity index (χ4v) is 3.97. The molecular formula is C20H29ClO4. The molecular weight excluding hydrogens is 340 g/mol. The molecule has 1 heterocycles. The van der Waals surface area contributed by atoms with Crippen molar-refractivity contribution in [2.45, 2.75) is 76.8 Å². The van der Waals surface area contributed by atoms with Crippen molar-refractivity contribution in [2.24, 2.45) is 5.41 Å². The molecule has 1 saturated heterocycles. The second-order valence-electron chi connectivity index (χ2n) is 8.23. The minimum atomic E-state index is -0.462. The van der Waals surface area contributed by atoms with Crippen LogP contribution in [0.1, 0.15) is 64.0 Å². The predicted octanol–water partition coefficient (Wildman–Crippen LogP) is 4.26. The zero-order valence-electron chi connectivity index (χ0n) is 15.1. The Balaban J connectivity index is 1.70. The van der Waals surface area contributed by atoms with Crippen molar-refractivity contribution in [3.05, 3.63) is 28.8 Å². The molecule has 0 bridgehead atoms. The largest absolute Gasteiger partial charge is 0.489 e. The van der Waals surface area contributed by atoms with E-state index < -0.39 is 6.10 Å². The summed E-state index contributed by atoms with van der Waals surface area (Å²) in [6.45, 7) is 4.53. The first-order chi connectivity index (χ1) is 11.9. The molecule has 1 saturated carbocycles. The van der Waals surface area contributed by atoms with Crippen LogP contribution in [0.15, 0.2) is 18.2 Å². The van der Waals surface area contributed by atoms with E-state index in [0.29, 0.717) is 29.0 Å². The molecule has 4 nitrogen and oxygen atoms in total. The normalized spacial score (nSPS) is 30.2. The van der Waals surface area contributed by atoms with Crippen LogP contribution in [0.5, 0.6) is 5.75 Å². The monoisotopic (exact) mass is 368 g/mol. The molecule has 1 aliphatic carbocycles. The topological polar surface area (TPSA) is 58.9 Å². The lowest BCUT2D eigenvalue weighted by Crippen LogP contribution is -2.33. The number of hydrogen-bond donors (Lipinski definition) is 2. The quantitative estimate of drug-likeness (QED) is 0.833. The van der Waals surface area contributed by atoms with Crippen LogP contribution < -0.4 is 4.74 Å². The van der Waals surface area contributed by atoms with E-state index in [1.54, 1.807) is 0 Å². The van der Waals surface area contributed by atoms with Gasteiger partial charge in [-0.3, -0.25) is 0 Å². The van der Waals surface area contributed by atoms with Gasteiger partial charge in [0.15, 0.2) is 0 Å². The lowest BCUT2D eigenvalue weighted by Gasteiger charge is -2.35. The van der Waals surface area contributed by atoms with Crippen LogP contribution in [0.2, 0.25) is 5.02 Å². The Morgan fingerprint density at radius 3 is 2.64 bits per heavy atom. The fourth-order valence-electron chi connectivity index (χ4n) is 3.80. The van der Waals surface area contributed by atoms with E-state index in [0.717, 1.165) is 31.2 Å². The number of ether oxygens (including phenoxy) is 2. The van der Waals surface area contributed by atoms with E-state index in [1.807, 2.05) is 18.2 Å². The summed E-state index contributed by atoms with van der Waals surface area (Å²) in [6, 6.07) is 5.67. The first-order valence-corrected chi connectivity index (χ1v) is 9.64. The third-order valence-electron chi connectivity index (χ3n) is 5.49. The van der Waals surface area contributed by atoms with Gasteiger partial charge in [0.25, 0.3) is 0 Å². The molecule has 2 N–H and O–H groups in total. The van der Waals surface area contributed by atoms with E-state index in [2.05, 4.69) is 13.8 Å². The summed E-state index contributed by atoms with van der Waals surface area (Å²) in [6.07, 6.45) is 4.56. The Morgan fingerprint density at radius 1 is 1.24 bits per heavy atom. The average Bonchev–Trinajstić information content (AvgIpc) is 2.58. The second kappa shape index (κ2) is 7.83. The highest BCUT2D eigenvalue weighted by molar-refractivity contribution is 6.32. The smallest absolute Gasteiger partial charge is 0.138 e. The molecule has 0 aromatic heterocycles. The highest BCUT2D eigenvalue weighted by atomic mass is 35.5. The molecule has 25 heavy (non-hydrogen) atoms. The van der Waals surface area contributed by atoms with E-state index in [4.69, 9.17) is 21.1 Å². The molecule has 1 aromatic carbocycles. The van der Waals surface area contributed by atoms with Gasteiger partial charge in [0.2, 0.25) is 0 Å². The van der Waals surface area contributed by atoms with Crippen molar-refractivity contribution in [1.82, 2.24) is 0 Å². The van der Waals surface area contributed by atoms with Gasteiger partial charge in [-0.15, -0.1) is 0 Å². The lowest BCUT2D eigenvalue weighted by molar-refractivity contribution is -0.113. The van der Waals surface area contributed by atoms with Gasteiger partial charge in [-0.05, 0) is 48.8 Å². The van der Waals surface area contributed by atoms with E-state index in [1.165, 1.54) is 0 Å². The van der Waals surface area contributed by atoms with Gasteiger partial charge in [0.1, 0.15) is 5.75 Å². The van der Waals surface area contributed by atoms with E-state index >= 15 is 0 Å². The van der Waals surface area contributed by atoms with Gasteiger partial charge in [-0.2, -0.15) is 0 Å². The van der Waals surface area contributed by atoms with Crippen LogP contribution in [0.4, 0.5) is 0 Å². The summed E-state index contributed by atoms with van der Waals surface area (Å²) in [7, 11) is 0. The number of aliphatic hydroxyl groups is 2. The molecule has 1 aliphatic heterocycles. The molecule has 1 aromatic rings.